The summed E-state index contributed by atoms with van der Waals surface area (Å²) in [6.07, 6.45) is -3.46. The molecule has 2 nitrogen and oxygen atoms in total. The van der Waals surface area contributed by atoms with Crippen molar-refractivity contribution >= 4 is 5.91 Å². The SMILES string of the molecule is O=C1C(Cc2cc(C(F)(F)F)cc(C(F)(F)F)c2)CCN1C1C2CC3CC(C2)CC1C3. The van der Waals surface area contributed by atoms with Gasteiger partial charge in [0.1, 0.15) is 0 Å². The molecule has 1 aliphatic heterocycles. The Morgan fingerprint density at radius 2 is 1.32 bits per heavy atom. The Labute approximate surface area is 177 Å². The monoisotopic (exact) mass is 445 g/mol. The number of rotatable bonds is 3. The quantitative estimate of drug-likeness (QED) is 0.528. The molecule has 0 spiro atoms. The third-order valence-electron chi connectivity index (χ3n) is 8.02. The molecule has 4 saturated carbocycles. The largest absolute Gasteiger partial charge is 0.416 e. The summed E-state index contributed by atoms with van der Waals surface area (Å²) < 4.78 is 78.9. The maximum atomic E-state index is 13.2. The number of likely N-dealkylation sites (tertiary alicyclic amines) is 1. The molecule has 0 aromatic heterocycles. The van der Waals surface area contributed by atoms with Gasteiger partial charge in [0.2, 0.25) is 5.91 Å². The minimum Gasteiger partial charge on any atom is -0.339 e. The molecular weight excluding hydrogens is 420 g/mol. The second kappa shape index (κ2) is 7.14. The number of alkyl halides is 6. The van der Waals surface area contributed by atoms with Crippen LogP contribution in [0.2, 0.25) is 0 Å². The number of benzene rings is 1. The molecule has 1 amide bonds. The summed E-state index contributed by atoms with van der Waals surface area (Å²) in [5.74, 6) is 1.88. The zero-order valence-corrected chi connectivity index (χ0v) is 17.0. The van der Waals surface area contributed by atoms with E-state index in [-0.39, 0.29) is 30.0 Å². The van der Waals surface area contributed by atoms with Crippen LogP contribution < -0.4 is 0 Å². The molecule has 170 valence electrons. The Balaban J connectivity index is 1.35. The molecule has 0 N–H and O–H groups in total. The molecule has 1 aromatic carbocycles. The molecule has 31 heavy (non-hydrogen) atoms. The standard InChI is InChI=1S/C23H25F6NO/c24-22(25,26)18-9-14(10-19(11-18)23(27,28)29)4-15-1-2-30(21(15)31)20-16-5-12-3-13(7-16)8-17(20)6-12/h9-13,15-17,20H,1-8H2. The van der Waals surface area contributed by atoms with Gasteiger partial charge in [-0.2, -0.15) is 26.3 Å². The molecule has 8 heteroatoms. The molecular formula is C23H25F6NO. The number of carbonyl (C=O) groups excluding carboxylic acids is 1. The third-order valence-corrected chi connectivity index (χ3v) is 8.02. The van der Waals surface area contributed by atoms with E-state index in [1.54, 1.807) is 0 Å². The van der Waals surface area contributed by atoms with E-state index in [2.05, 4.69) is 0 Å². The maximum Gasteiger partial charge on any atom is 0.416 e. The van der Waals surface area contributed by atoms with Crippen molar-refractivity contribution in [3.05, 3.63) is 34.9 Å². The lowest BCUT2D eigenvalue weighted by Crippen LogP contribution is -2.56. The number of carbonyl (C=O) groups is 1. The van der Waals surface area contributed by atoms with Gasteiger partial charge in [0.15, 0.2) is 0 Å². The summed E-state index contributed by atoms with van der Waals surface area (Å²) in [5.41, 5.74) is -2.71. The first-order chi connectivity index (χ1) is 14.5. The lowest BCUT2D eigenvalue weighted by Gasteiger charge is -2.56. The summed E-state index contributed by atoms with van der Waals surface area (Å²) in [6.45, 7) is 0.557. The maximum absolute atomic E-state index is 13.2. The molecule has 5 aliphatic rings. The average Bonchev–Trinajstić information content (AvgIpc) is 3.00. The number of hydrogen-bond donors (Lipinski definition) is 0. The number of amides is 1. The van der Waals surface area contributed by atoms with Crippen LogP contribution in [0.3, 0.4) is 0 Å². The van der Waals surface area contributed by atoms with Crippen molar-refractivity contribution in [2.45, 2.75) is 63.3 Å². The molecule has 5 fully saturated rings. The van der Waals surface area contributed by atoms with Crippen molar-refractivity contribution in [2.24, 2.45) is 29.6 Å². The number of hydrogen-bond acceptors (Lipinski definition) is 1. The summed E-state index contributed by atoms with van der Waals surface area (Å²) in [6, 6.07) is 1.86. The highest BCUT2D eigenvalue weighted by molar-refractivity contribution is 5.81. The predicted molar refractivity (Wildman–Crippen MR) is 101 cm³/mol. The Bertz CT molecular complexity index is 816. The van der Waals surface area contributed by atoms with Gasteiger partial charge in [-0.25, -0.2) is 0 Å². The van der Waals surface area contributed by atoms with Gasteiger partial charge in [-0.1, -0.05) is 0 Å². The van der Waals surface area contributed by atoms with Crippen molar-refractivity contribution in [3.63, 3.8) is 0 Å². The highest BCUT2D eigenvalue weighted by Gasteiger charge is 2.52. The molecule has 0 radical (unpaired) electrons. The van der Waals surface area contributed by atoms with Crippen LogP contribution in [-0.2, 0) is 23.6 Å². The van der Waals surface area contributed by atoms with Crippen molar-refractivity contribution in [3.8, 4) is 0 Å². The van der Waals surface area contributed by atoms with Gasteiger partial charge >= 0.3 is 12.4 Å². The predicted octanol–water partition coefficient (Wildman–Crippen LogP) is 5.94. The highest BCUT2D eigenvalue weighted by atomic mass is 19.4. The summed E-state index contributed by atoms with van der Waals surface area (Å²) >= 11 is 0. The number of nitrogens with zero attached hydrogens (tertiary/aromatic N) is 1. The van der Waals surface area contributed by atoms with Gasteiger partial charge in [0.25, 0.3) is 0 Å². The summed E-state index contributed by atoms with van der Waals surface area (Å²) in [4.78, 5) is 15.1. The Morgan fingerprint density at radius 1 is 0.806 bits per heavy atom. The summed E-state index contributed by atoms with van der Waals surface area (Å²) in [7, 11) is 0. The van der Waals surface area contributed by atoms with Crippen LogP contribution in [-0.4, -0.2) is 23.4 Å². The molecule has 1 unspecified atom stereocenters. The van der Waals surface area contributed by atoms with E-state index >= 15 is 0 Å². The van der Waals surface area contributed by atoms with E-state index in [0.717, 1.165) is 49.7 Å². The van der Waals surface area contributed by atoms with Gasteiger partial charge < -0.3 is 4.90 Å². The van der Waals surface area contributed by atoms with Gasteiger partial charge in [0, 0.05) is 18.5 Å². The van der Waals surface area contributed by atoms with E-state index < -0.39 is 29.4 Å². The van der Waals surface area contributed by atoms with Gasteiger partial charge in [-0.3, -0.25) is 4.79 Å². The molecule has 1 atom stereocenters. The topological polar surface area (TPSA) is 20.3 Å². The Kier molecular flexibility index (Phi) is 4.87. The van der Waals surface area contributed by atoms with Gasteiger partial charge in [0.05, 0.1) is 11.1 Å². The Hall–Kier alpha value is -1.73. The van der Waals surface area contributed by atoms with Crippen LogP contribution in [0.25, 0.3) is 0 Å². The first-order valence-corrected chi connectivity index (χ1v) is 11.1. The van der Waals surface area contributed by atoms with E-state index in [1.807, 2.05) is 4.90 Å². The smallest absolute Gasteiger partial charge is 0.339 e. The fourth-order valence-corrected chi connectivity index (χ4v) is 7.08. The van der Waals surface area contributed by atoms with E-state index in [1.165, 1.54) is 6.42 Å². The zero-order valence-electron chi connectivity index (χ0n) is 17.0. The van der Waals surface area contributed by atoms with Crippen LogP contribution in [0.5, 0.6) is 0 Å². The molecule has 1 saturated heterocycles. The van der Waals surface area contributed by atoms with E-state index in [0.29, 0.717) is 24.8 Å². The normalized spacial score (nSPS) is 35.3. The minimum atomic E-state index is -4.87. The van der Waals surface area contributed by atoms with E-state index in [4.69, 9.17) is 0 Å². The lowest BCUT2D eigenvalue weighted by atomic mass is 9.54. The van der Waals surface area contributed by atoms with Crippen molar-refractivity contribution in [2.75, 3.05) is 6.54 Å². The molecule has 4 aliphatic carbocycles. The van der Waals surface area contributed by atoms with Crippen LogP contribution in [0, 0.1) is 29.6 Å². The van der Waals surface area contributed by atoms with Gasteiger partial charge in [-0.15, -0.1) is 0 Å². The lowest BCUT2D eigenvalue weighted by molar-refractivity contribution is -0.143. The van der Waals surface area contributed by atoms with Crippen LogP contribution >= 0.6 is 0 Å². The fraction of sp³-hybridized carbons (Fsp3) is 0.696. The molecule has 4 bridgehead atoms. The average molecular weight is 445 g/mol. The zero-order chi connectivity index (χ0) is 22.1. The first-order valence-electron chi connectivity index (χ1n) is 11.1. The minimum absolute atomic E-state index is 0.0765. The van der Waals surface area contributed by atoms with Crippen molar-refractivity contribution in [1.82, 2.24) is 4.90 Å². The van der Waals surface area contributed by atoms with E-state index in [9.17, 15) is 31.1 Å². The molecule has 6 rings (SSSR count). The number of halogens is 6. The second-order valence-electron chi connectivity index (χ2n) is 10.1. The molecule has 1 heterocycles. The van der Waals surface area contributed by atoms with Crippen molar-refractivity contribution in [1.29, 1.82) is 0 Å². The highest BCUT2D eigenvalue weighted by Crippen LogP contribution is 2.55. The first kappa shape index (κ1) is 21.1. The van der Waals surface area contributed by atoms with Gasteiger partial charge in [-0.05, 0) is 92.4 Å². The van der Waals surface area contributed by atoms with Crippen LogP contribution in [0.4, 0.5) is 26.3 Å². The van der Waals surface area contributed by atoms with Crippen LogP contribution in [0.15, 0.2) is 18.2 Å². The molecule has 1 aromatic rings. The van der Waals surface area contributed by atoms with Crippen LogP contribution in [0.1, 0.15) is 55.2 Å². The van der Waals surface area contributed by atoms with Crippen molar-refractivity contribution < 1.29 is 31.1 Å². The second-order valence-corrected chi connectivity index (χ2v) is 10.1. The third kappa shape index (κ3) is 3.84. The Morgan fingerprint density at radius 3 is 1.81 bits per heavy atom. The fourth-order valence-electron chi connectivity index (χ4n) is 7.08. The summed E-state index contributed by atoms with van der Waals surface area (Å²) in [5, 5.41) is 0.